The van der Waals surface area contributed by atoms with E-state index in [9.17, 15) is 18.0 Å². The molecule has 1 aromatic heterocycles. The Bertz CT molecular complexity index is 611. The Morgan fingerprint density at radius 3 is 2.53 bits per heavy atom. The molecular formula is C12H9F3O2. The van der Waals surface area contributed by atoms with Gasteiger partial charge in [0.1, 0.15) is 11.1 Å². The fourth-order valence-electron chi connectivity index (χ4n) is 1.57. The summed E-state index contributed by atoms with van der Waals surface area (Å²) < 4.78 is 42.1. The summed E-state index contributed by atoms with van der Waals surface area (Å²) in [5.41, 5.74) is -1.53. The number of rotatable bonds is 1. The van der Waals surface area contributed by atoms with Gasteiger partial charge >= 0.3 is 11.8 Å². The second kappa shape index (κ2) is 3.91. The number of benzene rings is 1. The lowest BCUT2D eigenvalue weighted by Gasteiger charge is -2.06. The molecule has 0 bridgehead atoms. The van der Waals surface area contributed by atoms with Crippen molar-refractivity contribution in [3.8, 4) is 0 Å². The maximum Gasteiger partial charge on any atom is 0.423 e. The summed E-state index contributed by atoms with van der Waals surface area (Å²) in [6.07, 6.45) is -3.96. The van der Waals surface area contributed by atoms with E-state index >= 15 is 0 Å². The van der Waals surface area contributed by atoms with Crippen molar-refractivity contribution in [1.82, 2.24) is 0 Å². The molecule has 0 fully saturated rings. The van der Waals surface area contributed by atoms with Gasteiger partial charge in [-0.15, -0.1) is 0 Å². The largest absolute Gasteiger partial charge is 0.423 e. The Hall–Kier alpha value is -1.78. The second-order valence-electron chi connectivity index (χ2n) is 3.67. The van der Waals surface area contributed by atoms with Crippen LogP contribution in [0.1, 0.15) is 18.1 Å². The molecule has 17 heavy (non-hydrogen) atoms. The highest BCUT2D eigenvalue weighted by Crippen LogP contribution is 2.28. The van der Waals surface area contributed by atoms with Gasteiger partial charge in [0.2, 0.25) is 0 Å². The van der Waals surface area contributed by atoms with Gasteiger partial charge in [-0.1, -0.05) is 19.1 Å². The standard InChI is InChI=1S/C12H9F3O2/c1-2-7-3-4-8-6-9(12(13,14)15)11(16)17-10(8)5-7/h3-6H,2H2,1H3. The fourth-order valence-corrected chi connectivity index (χ4v) is 1.57. The first-order valence-corrected chi connectivity index (χ1v) is 5.06. The second-order valence-corrected chi connectivity index (χ2v) is 3.67. The van der Waals surface area contributed by atoms with Crippen molar-refractivity contribution in [2.24, 2.45) is 0 Å². The number of hydrogen-bond acceptors (Lipinski definition) is 2. The first-order chi connectivity index (χ1) is 7.91. The lowest BCUT2D eigenvalue weighted by Crippen LogP contribution is -2.17. The summed E-state index contributed by atoms with van der Waals surface area (Å²) in [4.78, 5) is 11.2. The normalized spacial score (nSPS) is 12.0. The van der Waals surface area contributed by atoms with Crippen molar-refractivity contribution < 1.29 is 17.6 Å². The zero-order valence-electron chi connectivity index (χ0n) is 8.97. The first kappa shape index (κ1) is 11.7. The van der Waals surface area contributed by atoms with Crippen molar-refractivity contribution in [1.29, 1.82) is 0 Å². The van der Waals surface area contributed by atoms with Crippen molar-refractivity contribution in [3.63, 3.8) is 0 Å². The molecule has 0 aliphatic carbocycles. The van der Waals surface area contributed by atoms with Crippen molar-refractivity contribution in [2.75, 3.05) is 0 Å². The molecule has 0 spiro atoms. The van der Waals surface area contributed by atoms with Crippen LogP contribution in [0, 0.1) is 0 Å². The van der Waals surface area contributed by atoms with Gasteiger partial charge in [0, 0.05) is 5.39 Å². The van der Waals surface area contributed by atoms with Gasteiger partial charge in [0.25, 0.3) is 0 Å². The number of hydrogen-bond donors (Lipinski definition) is 0. The van der Waals surface area contributed by atoms with Crippen LogP contribution in [0.15, 0.2) is 33.5 Å². The van der Waals surface area contributed by atoms with E-state index in [2.05, 4.69) is 4.42 Å². The van der Waals surface area contributed by atoms with Crippen LogP contribution in [0.2, 0.25) is 0 Å². The average Bonchev–Trinajstić information content (AvgIpc) is 2.25. The molecule has 0 saturated carbocycles. The number of alkyl halides is 3. The van der Waals surface area contributed by atoms with Crippen LogP contribution in [-0.2, 0) is 12.6 Å². The monoisotopic (exact) mass is 242 g/mol. The minimum atomic E-state index is -4.68. The number of halogens is 3. The fraction of sp³-hybridized carbons (Fsp3) is 0.250. The van der Waals surface area contributed by atoms with E-state index in [-0.39, 0.29) is 11.0 Å². The molecule has 1 heterocycles. The predicted octanol–water partition coefficient (Wildman–Crippen LogP) is 3.37. The van der Waals surface area contributed by atoms with Crippen LogP contribution < -0.4 is 5.63 Å². The zero-order chi connectivity index (χ0) is 12.6. The lowest BCUT2D eigenvalue weighted by molar-refractivity contribution is -0.139. The summed E-state index contributed by atoms with van der Waals surface area (Å²) >= 11 is 0. The van der Waals surface area contributed by atoms with Crippen LogP contribution in [0.25, 0.3) is 11.0 Å². The zero-order valence-corrected chi connectivity index (χ0v) is 8.97. The maximum atomic E-state index is 12.5. The molecule has 2 aromatic rings. The highest BCUT2D eigenvalue weighted by Gasteiger charge is 2.35. The summed E-state index contributed by atoms with van der Waals surface area (Å²) in [7, 11) is 0. The van der Waals surface area contributed by atoms with Gasteiger partial charge in [-0.05, 0) is 24.1 Å². The molecule has 0 aliphatic heterocycles. The molecular weight excluding hydrogens is 233 g/mol. The molecule has 0 radical (unpaired) electrons. The molecule has 1 aromatic carbocycles. The Labute approximate surface area is 94.7 Å². The maximum absolute atomic E-state index is 12.5. The van der Waals surface area contributed by atoms with Crippen LogP contribution >= 0.6 is 0 Å². The van der Waals surface area contributed by atoms with E-state index in [1.54, 1.807) is 12.1 Å². The Kier molecular flexibility index (Phi) is 2.69. The van der Waals surface area contributed by atoms with Gasteiger partial charge in [-0.2, -0.15) is 13.2 Å². The highest BCUT2D eigenvalue weighted by atomic mass is 19.4. The lowest BCUT2D eigenvalue weighted by atomic mass is 10.1. The van der Waals surface area contributed by atoms with Crippen molar-refractivity contribution in [3.05, 3.63) is 45.8 Å². The molecule has 2 rings (SSSR count). The molecule has 0 amide bonds. The summed E-state index contributed by atoms with van der Waals surface area (Å²) in [5.74, 6) is 0. The van der Waals surface area contributed by atoms with Crippen molar-refractivity contribution >= 4 is 11.0 Å². The number of fused-ring (bicyclic) bond motifs is 1. The molecule has 0 atom stereocenters. The third-order valence-corrected chi connectivity index (χ3v) is 2.51. The van der Waals surface area contributed by atoms with Gasteiger partial charge in [0.15, 0.2) is 0 Å². The van der Waals surface area contributed by atoms with Crippen LogP contribution in [0.5, 0.6) is 0 Å². The molecule has 0 unspecified atom stereocenters. The summed E-state index contributed by atoms with van der Waals surface area (Å²) in [6, 6.07) is 5.63. The van der Waals surface area contributed by atoms with Crippen LogP contribution in [-0.4, -0.2) is 0 Å². The van der Waals surface area contributed by atoms with E-state index in [4.69, 9.17) is 0 Å². The molecule has 2 nitrogen and oxygen atoms in total. The minimum Gasteiger partial charge on any atom is -0.422 e. The minimum absolute atomic E-state index is 0.183. The average molecular weight is 242 g/mol. The first-order valence-electron chi connectivity index (χ1n) is 5.06. The van der Waals surface area contributed by atoms with Gasteiger partial charge in [0.05, 0.1) is 0 Å². The molecule has 0 aliphatic rings. The SMILES string of the molecule is CCc1ccc2cc(C(F)(F)F)c(=O)oc2c1. The quantitative estimate of drug-likeness (QED) is 0.717. The van der Waals surface area contributed by atoms with E-state index < -0.39 is 17.4 Å². The van der Waals surface area contributed by atoms with Crippen LogP contribution in [0.3, 0.4) is 0 Å². The van der Waals surface area contributed by atoms with Gasteiger partial charge < -0.3 is 4.42 Å². The molecule has 0 saturated heterocycles. The summed E-state index contributed by atoms with van der Waals surface area (Å²) in [5, 5.41) is 0.272. The Morgan fingerprint density at radius 2 is 1.94 bits per heavy atom. The van der Waals surface area contributed by atoms with Crippen molar-refractivity contribution in [2.45, 2.75) is 19.5 Å². The third kappa shape index (κ3) is 2.18. The van der Waals surface area contributed by atoms with Gasteiger partial charge in [-0.3, -0.25) is 0 Å². The van der Waals surface area contributed by atoms with E-state index in [0.717, 1.165) is 18.1 Å². The summed E-state index contributed by atoms with van der Waals surface area (Å²) in [6.45, 7) is 1.91. The van der Waals surface area contributed by atoms with Crippen LogP contribution in [0.4, 0.5) is 13.2 Å². The molecule has 5 heteroatoms. The van der Waals surface area contributed by atoms with E-state index in [1.165, 1.54) is 6.07 Å². The topological polar surface area (TPSA) is 30.2 Å². The Morgan fingerprint density at radius 1 is 1.24 bits per heavy atom. The van der Waals surface area contributed by atoms with E-state index in [1.807, 2.05) is 6.92 Å². The Balaban J connectivity index is 2.71. The predicted molar refractivity (Wildman–Crippen MR) is 56.9 cm³/mol. The highest BCUT2D eigenvalue weighted by molar-refractivity contribution is 5.77. The number of aryl methyl sites for hydroxylation is 1. The van der Waals surface area contributed by atoms with E-state index in [0.29, 0.717) is 0 Å². The molecule has 90 valence electrons. The smallest absolute Gasteiger partial charge is 0.422 e. The molecule has 0 N–H and O–H groups in total. The van der Waals surface area contributed by atoms with Gasteiger partial charge in [-0.25, -0.2) is 4.79 Å². The third-order valence-electron chi connectivity index (χ3n) is 2.51.